The predicted molar refractivity (Wildman–Crippen MR) is 81.3 cm³/mol. The quantitative estimate of drug-likeness (QED) is 0.828. The first-order chi connectivity index (χ1) is 8.75. The zero-order valence-electron chi connectivity index (χ0n) is 10.3. The van der Waals surface area contributed by atoms with Gasteiger partial charge in [0.1, 0.15) is 0 Å². The van der Waals surface area contributed by atoms with Crippen LogP contribution >= 0.6 is 10.5 Å². The smallest absolute Gasteiger partial charge is 0.0780 e. The molecule has 94 valence electrons. The van der Waals surface area contributed by atoms with Crippen LogP contribution in [0.3, 0.4) is 0 Å². The molecule has 0 aromatic heterocycles. The molecular formula is C15H18N2S. The Labute approximate surface area is 111 Å². The van der Waals surface area contributed by atoms with Crippen molar-refractivity contribution in [3.05, 3.63) is 71.8 Å². The van der Waals surface area contributed by atoms with Gasteiger partial charge < -0.3 is 0 Å². The van der Waals surface area contributed by atoms with Crippen molar-refractivity contribution in [1.82, 2.24) is 0 Å². The third-order valence-corrected chi connectivity index (χ3v) is 4.73. The molecule has 18 heavy (non-hydrogen) atoms. The van der Waals surface area contributed by atoms with Crippen LogP contribution in [0, 0.1) is 0 Å². The molecule has 4 N–H and O–H groups in total. The molecule has 0 aliphatic rings. The summed E-state index contributed by atoms with van der Waals surface area (Å²) in [5, 5.41) is 0.544. The third-order valence-electron chi connectivity index (χ3n) is 2.70. The molecule has 0 bridgehead atoms. The topological polar surface area (TPSA) is 52.0 Å². The number of rotatable bonds is 4. The van der Waals surface area contributed by atoms with Crippen LogP contribution < -0.4 is 11.5 Å². The molecule has 2 rings (SSSR count). The summed E-state index contributed by atoms with van der Waals surface area (Å²) in [5.74, 6) is 1.83. The molecular weight excluding hydrogens is 240 g/mol. The second-order valence-electron chi connectivity index (χ2n) is 4.16. The average molecular weight is 258 g/mol. The van der Waals surface area contributed by atoms with E-state index in [2.05, 4.69) is 24.3 Å². The molecule has 0 spiro atoms. The summed E-state index contributed by atoms with van der Waals surface area (Å²) in [6.07, 6.45) is 0. The van der Waals surface area contributed by atoms with Crippen molar-refractivity contribution in [2.24, 2.45) is 11.5 Å². The van der Waals surface area contributed by atoms with Gasteiger partial charge >= 0.3 is 0 Å². The van der Waals surface area contributed by atoms with E-state index in [1.807, 2.05) is 36.4 Å². The van der Waals surface area contributed by atoms with Gasteiger partial charge in [0.15, 0.2) is 0 Å². The van der Waals surface area contributed by atoms with E-state index in [1.54, 1.807) is 0 Å². The van der Waals surface area contributed by atoms with Gasteiger partial charge in [0, 0.05) is 11.5 Å². The molecule has 0 amide bonds. The van der Waals surface area contributed by atoms with Gasteiger partial charge in [-0.1, -0.05) is 60.7 Å². The number of nitrogens with two attached hydrogens (primary N) is 2. The Morgan fingerprint density at radius 3 is 1.44 bits per heavy atom. The zero-order valence-corrected chi connectivity index (χ0v) is 11.1. The van der Waals surface area contributed by atoms with Gasteiger partial charge in [0.25, 0.3) is 0 Å². The Morgan fingerprint density at radius 2 is 1.11 bits per heavy atom. The number of hydrogen-bond acceptors (Lipinski definition) is 0. The van der Waals surface area contributed by atoms with E-state index < -0.39 is 0 Å². The fourth-order valence-electron chi connectivity index (χ4n) is 1.77. The Kier molecular flexibility index (Phi) is 4.70. The van der Waals surface area contributed by atoms with Crippen molar-refractivity contribution in [3.63, 3.8) is 0 Å². The van der Waals surface area contributed by atoms with Gasteiger partial charge in [-0.3, -0.25) is 11.5 Å². The fraction of sp³-hybridized carbons (Fsp3) is 0.133. The van der Waals surface area contributed by atoms with Crippen LogP contribution in [-0.2, 0) is 11.5 Å². The molecule has 2 aromatic carbocycles. The lowest BCUT2D eigenvalue weighted by molar-refractivity contribution is 1.36. The van der Waals surface area contributed by atoms with Crippen molar-refractivity contribution in [2.75, 3.05) is 0 Å². The van der Waals surface area contributed by atoms with Gasteiger partial charge in [-0.05, 0) is 11.1 Å². The molecule has 0 saturated heterocycles. The standard InChI is InChI=1S/C15H18N2S/c16-15(17)18(11-13-7-3-1-4-8-13)12-14-9-5-2-6-10-14/h1-10H,11-12,16-17H2. The largest absolute Gasteiger partial charge is 0.289 e. The summed E-state index contributed by atoms with van der Waals surface area (Å²) < 4.78 is 0. The summed E-state index contributed by atoms with van der Waals surface area (Å²) in [5.41, 5.74) is 14.2. The Bertz CT molecular complexity index is 473. The van der Waals surface area contributed by atoms with Crippen LogP contribution in [0.2, 0.25) is 0 Å². The number of benzene rings is 2. The second kappa shape index (κ2) is 6.50. The molecule has 0 fully saturated rings. The lowest BCUT2D eigenvalue weighted by Crippen LogP contribution is -2.23. The van der Waals surface area contributed by atoms with E-state index >= 15 is 0 Å². The highest BCUT2D eigenvalue weighted by molar-refractivity contribution is 8.14. The van der Waals surface area contributed by atoms with Gasteiger partial charge in [0.2, 0.25) is 0 Å². The van der Waals surface area contributed by atoms with E-state index in [9.17, 15) is 0 Å². The lowest BCUT2D eigenvalue weighted by atomic mass is 10.2. The molecule has 2 aromatic rings. The van der Waals surface area contributed by atoms with Gasteiger partial charge in [-0.15, -0.1) is 10.5 Å². The summed E-state index contributed by atoms with van der Waals surface area (Å²) in [7, 11) is -0.106. The first kappa shape index (κ1) is 13.0. The first-order valence-corrected chi connectivity index (χ1v) is 7.45. The molecule has 0 saturated carbocycles. The maximum absolute atomic E-state index is 5.84. The van der Waals surface area contributed by atoms with Crippen molar-refractivity contribution in [2.45, 2.75) is 11.5 Å². The molecule has 2 nitrogen and oxygen atoms in total. The summed E-state index contributed by atoms with van der Waals surface area (Å²) in [4.78, 5) is 0. The molecule has 0 radical (unpaired) electrons. The van der Waals surface area contributed by atoms with Crippen LogP contribution in [0.25, 0.3) is 0 Å². The maximum Gasteiger partial charge on any atom is 0.0780 e. The minimum absolute atomic E-state index is 0.106. The van der Waals surface area contributed by atoms with Gasteiger partial charge in [-0.2, -0.15) is 0 Å². The predicted octanol–water partition coefficient (Wildman–Crippen LogP) is 2.66. The molecule has 0 aliphatic heterocycles. The number of hydrogen-bond donors (Lipinski definition) is 2. The van der Waals surface area contributed by atoms with Crippen LogP contribution in [-0.4, -0.2) is 5.11 Å². The minimum atomic E-state index is -0.106. The zero-order chi connectivity index (χ0) is 12.8. The van der Waals surface area contributed by atoms with Crippen LogP contribution in [0.5, 0.6) is 0 Å². The molecule has 3 heteroatoms. The van der Waals surface area contributed by atoms with Crippen LogP contribution in [0.15, 0.2) is 60.7 Å². The highest BCUT2D eigenvalue weighted by Gasteiger charge is 2.02. The highest BCUT2D eigenvalue weighted by atomic mass is 32.2. The first-order valence-electron chi connectivity index (χ1n) is 5.89. The van der Waals surface area contributed by atoms with E-state index in [0.717, 1.165) is 11.5 Å². The molecule has 0 unspecified atom stereocenters. The van der Waals surface area contributed by atoms with Crippen molar-refractivity contribution in [3.8, 4) is 0 Å². The molecule has 0 aliphatic carbocycles. The molecule has 0 atom stereocenters. The monoisotopic (exact) mass is 258 g/mol. The van der Waals surface area contributed by atoms with Gasteiger partial charge in [0.05, 0.1) is 5.11 Å². The lowest BCUT2D eigenvalue weighted by Gasteiger charge is -2.11. The second-order valence-corrected chi connectivity index (χ2v) is 6.19. The average Bonchev–Trinajstić information content (AvgIpc) is 2.40. The van der Waals surface area contributed by atoms with Crippen molar-refractivity contribution >= 4 is 15.6 Å². The van der Waals surface area contributed by atoms with Crippen LogP contribution in [0.1, 0.15) is 11.1 Å². The summed E-state index contributed by atoms with van der Waals surface area (Å²) in [6.45, 7) is 0. The minimum Gasteiger partial charge on any atom is -0.289 e. The maximum atomic E-state index is 5.84. The van der Waals surface area contributed by atoms with E-state index in [1.165, 1.54) is 11.1 Å². The fourth-order valence-corrected chi connectivity index (χ4v) is 3.39. The Hall–Kier alpha value is -1.42. The van der Waals surface area contributed by atoms with E-state index in [4.69, 9.17) is 11.5 Å². The Balaban J connectivity index is 2.14. The SMILES string of the molecule is NC(N)=S(Cc1ccccc1)Cc1ccccc1. The molecule has 0 heterocycles. The highest BCUT2D eigenvalue weighted by Crippen LogP contribution is 2.25. The summed E-state index contributed by atoms with van der Waals surface area (Å²) >= 11 is 0. The van der Waals surface area contributed by atoms with Crippen LogP contribution in [0.4, 0.5) is 0 Å². The third kappa shape index (κ3) is 3.81. The Morgan fingerprint density at radius 1 is 0.722 bits per heavy atom. The van der Waals surface area contributed by atoms with Crippen molar-refractivity contribution < 1.29 is 0 Å². The van der Waals surface area contributed by atoms with E-state index in [-0.39, 0.29) is 10.5 Å². The van der Waals surface area contributed by atoms with Gasteiger partial charge in [-0.25, -0.2) is 0 Å². The van der Waals surface area contributed by atoms with E-state index in [0.29, 0.717) is 5.11 Å². The van der Waals surface area contributed by atoms with Crippen molar-refractivity contribution in [1.29, 1.82) is 0 Å². The summed E-state index contributed by atoms with van der Waals surface area (Å²) in [6, 6.07) is 20.7. The normalized spacial score (nSPS) is 10.6.